The normalized spacial score (nSPS) is 20.7. The van der Waals surface area contributed by atoms with Gasteiger partial charge in [-0.2, -0.15) is 0 Å². The van der Waals surface area contributed by atoms with Crippen LogP contribution in [0.15, 0.2) is 53.9 Å². The fourth-order valence-electron chi connectivity index (χ4n) is 3.99. The van der Waals surface area contributed by atoms with E-state index in [1.165, 1.54) is 0 Å². The fraction of sp³-hybridized carbons (Fsp3) is 0.364. The predicted molar refractivity (Wildman–Crippen MR) is 110 cm³/mol. The molecule has 5 nitrogen and oxygen atoms in total. The molecule has 0 saturated carbocycles. The minimum atomic E-state index is -0.205. The molecule has 1 aliphatic heterocycles. The van der Waals surface area contributed by atoms with E-state index in [4.69, 9.17) is 0 Å². The number of carbonyl (C=O) groups excluding carboxylic acids is 1. The first-order valence-electron chi connectivity index (χ1n) is 9.36. The minimum Gasteiger partial charge on any atom is -0.378 e. The van der Waals surface area contributed by atoms with E-state index in [0.717, 1.165) is 40.4 Å². The number of pyridine rings is 1. The van der Waals surface area contributed by atoms with Crippen molar-refractivity contribution >= 4 is 23.0 Å². The highest BCUT2D eigenvalue weighted by molar-refractivity contribution is 6.00. The number of hydrogen-bond acceptors (Lipinski definition) is 5. The largest absolute Gasteiger partial charge is 0.378 e. The van der Waals surface area contributed by atoms with Gasteiger partial charge < -0.3 is 15.5 Å². The van der Waals surface area contributed by atoms with E-state index in [-0.39, 0.29) is 17.2 Å². The van der Waals surface area contributed by atoms with Crippen LogP contribution in [0.4, 0.5) is 17.2 Å². The fourth-order valence-corrected chi connectivity index (χ4v) is 3.99. The molecule has 5 heteroatoms. The maximum atomic E-state index is 13.1. The van der Waals surface area contributed by atoms with Crippen LogP contribution in [0.5, 0.6) is 0 Å². The van der Waals surface area contributed by atoms with Gasteiger partial charge in [0.25, 0.3) is 0 Å². The number of allylic oxidation sites excluding steroid dienone is 1. The van der Waals surface area contributed by atoms with Crippen molar-refractivity contribution in [2.75, 3.05) is 29.6 Å². The summed E-state index contributed by atoms with van der Waals surface area (Å²) in [5.74, 6) is 0.981. The first kappa shape index (κ1) is 17.6. The lowest BCUT2D eigenvalue weighted by atomic mass is 9.73. The Kier molecular flexibility index (Phi) is 4.17. The number of rotatable bonds is 2. The molecule has 2 aliphatic rings. The predicted octanol–water partition coefficient (Wildman–Crippen LogP) is 4.37. The summed E-state index contributed by atoms with van der Waals surface area (Å²) >= 11 is 0. The average molecular weight is 362 g/mol. The van der Waals surface area contributed by atoms with Crippen LogP contribution in [0, 0.1) is 5.41 Å². The number of carbonyl (C=O) groups is 1. The van der Waals surface area contributed by atoms with Crippen molar-refractivity contribution < 1.29 is 4.79 Å². The smallest absolute Gasteiger partial charge is 0.163 e. The van der Waals surface area contributed by atoms with Gasteiger partial charge in [0.2, 0.25) is 0 Å². The maximum Gasteiger partial charge on any atom is 0.163 e. The maximum absolute atomic E-state index is 13.1. The molecule has 0 bridgehead atoms. The topological polar surface area (TPSA) is 57.3 Å². The highest BCUT2D eigenvalue weighted by Gasteiger charge is 2.38. The molecule has 2 aromatic rings. The van der Waals surface area contributed by atoms with Gasteiger partial charge in [0.1, 0.15) is 5.82 Å². The van der Waals surface area contributed by atoms with Crippen molar-refractivity contribution in [3.05, 3.63) is 59.4 Å². The first-order chi connectivity index (χ1) is 12.8. The summed E-state index contributed by atoms with van der Waals surface area (Å²) in [4.78, 5) is 19.7. The van der Waals surface area contributed by atoms with Crippen LogP contribution in [0.1, 0.15) is 38.3 Å². The Labute approximate surface area is 160 Å². The van der Waals surface area contributed by atoms with Crippen molar-refractivity contribution in [3.63, 3.8) is 0 Å². The second kappa shape index (κ2) is 6.41. The Morgan fingerprint density at radius 3 is 2.56 bits per heavy atom. The van der Waals surface area contributed by atoms with Gasteiger partial charge in [0, 0.05) is 43.7 Å². The Morgan fingerprint density at radius 1 is 1.11 bits per heavy atom. The van der Waals surface area contributed by atoms with Gasteiger partial charge in [-0.1, -0.05) is 26.0 Å². The van der Waals surface area contributed by atoms with Gasteiger partial charge in [-0.3, -0.25) is 4.79 Å². The van der Waals surface area contributed by atoms with Crippen LogP contribution < -0.4 is 15.5 Å². The third-order valence-corrected chi connectivity index (χ3v) is 5.33. The summed E-state index contributed by atoms with van der Waals surface area (Å²) < 4.78 is 0. The number of hydrogen-bond donors (Lipinski definition) is 2. The van der Waals surface area contributed by atoms with Crippen LogP contribution in [0.3, 0.4) is 0 Å². The third-order valence-electron chi connectivity index (χ3n) is 5.33. The summed E-state index contributed by atoms with van der Waals surface area (Å²) in [5.41, 5.74) is 4.93. The summed E-state index contributed by atoms with van der Waals surface area (Å²) in [6, 6.07) is 12.1. The molecule has 2 N–H and O–H groups in total. The minimum absolute atomic E-state index is 0.0467. The molecular weight excluding hydrogens is 336 g/mol. The molecule has 140 valence electrons. The number of ketones is 1. The zero-order valence-corrected chi connectivity index (χ0v) is 16.3. The van der Waals surface area contributed by atoms with Gasteiger partial charge in [0.05, 0.1) is 11.7 Å². The van der Waals surface area contributed by atoms with E-state index in [1.54, 1.807) is 6.20 Å². The van der Waals surface area contributed by atoms with E-state index >= 15 is 0 Å². The lowest BCUT2D eigenvalue weighted by molar-refractivity contribution is -0.118. The number of aromatic nitrogens is 1. The molecule has 27 heavy (non-hydrogen) atoms. The number of nitrogens with zero attached hydrogens (tertiary/aromatic N) is 2. The number of fused-ring (bicyclic) bond motifs is 1. The Hall–Kier alpha value is -2.82. The van der Waals surface area contributed by atoms with Crippen molar-refractivity contribution in [1.82, 2.24) is 4.98 Å². The van der Waals surface area contributed by atoms with Crippen molar-refractivity contribution in [1.29, 1.82) is 0 Å². The van der Waals surface area contributed by atoms with E-state index in [9.17, 15) is 4.79 Å². The Bertz CT molecular complexity index is 912. The standard InChI is InChI=1S/C22H26N4O/c1-22(2)12-17-19(18(27)13-22)20(14-7-9-15(10-8-14)26(3)4)25-21-16(24-17)6-5-11-23-21/h5-11,20,24H,12-13H2,1-4H3,(H,23,25)/t20-/m1/s1. The van der Waals surface area contributed by atoms with Gasteiger partial charge in [-0.15, -0.1) is 0 Å². The van der Waals surface area contributed by atoms with Crippen LogP contribution in [0.25, 0.3) is 0 Å². The lowest BCUT2D eigenvalue weighted by Gasteiger charge is -2.34. The third kappa shape index (κ3) is 3.29. The first-order valence-corrected chi connectivity index (χ1v) is 9.36. The van der Waals surface area contributed by atoms with E-state index in [1.807, 2.05) is 26.2 Å². The second-order valence-electron chi connectivity index (χ2n) is 8.42. The molecule has 0 radical (unpaired) electrons. The molecule has 1 aromatic heterocycles. The summed E-state index contributed by atoms with van der Waals surface area (Å²) in [7, 11) is 4.05. The molecule has 2 heterocycles. The molecule has 0 saturated heterocycles. The Balaban J connectivity index is 1.83. The molecule has 0 fully saturated rings. The molecule has 0 unspecified atom stereocenters. The molecule has 1 aromatic carbocycles. The second-order valence-corrected chi connectivity index (χ2v) is 8.42. The summed E-state index contributed by atoms with van der Waals surface area (Å²) in [5, 5.41) is 7.02. The molecule has 1 atom stereocenters. The van der Waals surface area contributed by atoms with Gasteiger partial charge in [-0.05, 0) is 41.7 Å². The number of anilines is 3. The molecular formula is C22H26N4O. The average Bonchev–Trinajstić information content (AvgIpc) is 2.77. The van der Waals surface area contributed by atoms with Crippen LogP contribution >= 0.6 is 0 Å². The van der Waals surface area contributed by atoms with Gasteiger partial charge in [-0.25, -0.2) is 4.98 Å². The van der Waals surface area contributed by atoms with Gasteiger partial charge >= 0.3 is 0 Å². The highest BCUT2D eigenvalue weighted by Crippen LogP contribution is 2.44. The van der Waals surface area contributed by atoms with E-state index in [2.05, 4.69) is 58.6 Å². The zero-order chi connectivity index (χ0) is 19.2. The molecule has 0 spiro atoms. The number of Topliss-reactive ketones (excluding diaryl/α,β-unsaturated/α-hetero) is 1. The van der Waals surface area contributed by atoms with Crippen molar-refractivity contribution in [2.24, 2.45) is 5.41 Å². The van der Waals surface area contributed by atoms with E-state index in [0.29, 0.717) is 6.42 Å². The highest BCUT2D eigenvalue weighted by atomic mass is 16.1. The number of benzene rings is 1. The van der Waals surface area contributed by atoms with Crippen LogP contribution in [-0.4, -0.2) is 24.9 Å². The van der Waals surface area contributed by atoms with Crippen LogP contribution in [-0.2, 0) is 4.79 Å². The zero-order valence-electron chi connectivity index (χ0n) is 16.3. The monoisotopic (exact) mass is 362 g/mol. The lowest BCUT2D eigenvalue weighted by Crippen LogP contribution is -2.31. The molecule has 4 rings (SSSR count). The SMILES string of the molecule is CN(C)c1ccc([C@H]2Nc3ncccc3NC3=C2C(=O)CC(C)(C)C3)cc1. The Morgan fingerprint density at radius 2 is 1.85 bits per heavy atom. The summed E-state index contributed by atoms with van der Waals surface area (Å²) in [6.07, 6.45) is 3.18. The molecule has 0 amide bonds. The van der Waals surface area contributed by atoms with Crippen molar-refractivity contribution in [3.8, 4) is 0 Å². The quantitative estimate of drug-likeness (QED) is 0.831. The molecule has 1 aliphatic carbocycles. The summed E-state index contributed by atoms with van der Waals surface area (Å²) in [6.45, 7) is 4.30. The van der Waals surface area contributed by atoms with E-state index < -0.39 is 0 Å². The van der Waals surface area contributed by atoms with Crippen LogP contribution in [0.2, 0.25) is 0 Å². The van der Waals surface area contributed by atoms with Gasteiger partial charge in [0.15, 0.2) is 5.78 Å². The van der Waals surface area contributed by atoms with Crippen molar-refractivity contribution in [2.45, 2.75) is 32.7 Å². The number of nitrogens with one attached hydrogen (secondary N) is 2.